The molecule has 0 aliphatic rings. The topological polar surface area (TPSA) is 44.9 Å². The predicted octanol–water partition coefficient (Wildman–Crippen LogP) is 3.81. The number of aromatic amines is 1. The summed E-state index contributed by atoms with van der Waals surface area (Å²) in [6.45, 7) is 2.05. The van der Waals surface area contributed by atoms with E-state index in [9.17, 15) is 4.79 Å². The number of carbonyl (C=O) groups is 1. The van der Waals surface area contributed by atoms with Gasteiger partial charge in [-0.1, -0.05) is 48.0 Å². The Morgan fingerprint density at radius 3 is 2.91 bits per heavy atom. The minimum atomic E-state index is -0.0198. The molecule has 110 valence electrons. The lowest BCUT2D eigenvalue weighted by Crippen LogP contribution is -2.18. The number of fused-ring (bicyclic) bond motifs is 1. The number of amides is 1. The summed E-state index contributed by atoms with van der Waals surface area (Å²) in [4.78, 5) is 15.2. The number of rotatable bonds is 4. The van der Waals surface area contributed by atoms with Crippen molar-refractivity contribution in [2.45, 2.75) is 13.3 Å². The van der Waals surface area contributed by atoms with Crippen molar-refractivity contribution in [1.29, 1.82) is 0 Å². The minimum absolute atomic E-state index is 0.0198. The average molecular weight is 290 g/mol. The Hall–Kier alpha value is -2.81. The Morgan fingerprint density at radius 1 is 1.18 bits per heavy atom. The fourth-order valence-electron chi connectivity index (χ4n) is 2.51. The normalized spacial score (nSPS) is 11.1. The molecule has 0 unspecified atom stereocenters. The van der Waals surface area contributed by atoms with Crippen LogP contribution in [0.5, 0.6) is 0 Å². The maximum Gasteiger partial charge on any atom is 0.228 e. The van der Waals surface area contributed by atoms with E-state index < -0.39 is 0 Å². The number of hydrogen-bond acceptors (Lipinski definition) is 1. The van der Waals surface area contributed by atoms with E-state index in [1.165, 1.54) is 5.56 Å². The smallest absolute Gasteiger partial charge is 0.228 e. The average Bonchev–Trinajstić information content (AvgIpc) is 2.91. The summed E-state index contributed by atoms with van der Waals surface area (Å²) >= 11 is 0. The number of nitrogens with one attached hydrogen (secondary N) is 2. The Morgan fingerprint density at radius 2 is 2.05 bits per heavy atom. The molecular weight excluding hydrogens is 272 g/mol. The van der Waals surface area contributed by atoms with E-state index in [2.05, 4.69) is 16.4 Å². The standard InChI is InChI=1S/C19H18N2O/c1-14-5-4-6-15(11-14)9-10-20-19(22)12-16-13-21-18-8-3-2-7-17(16)18/h2-11,13,21H,12H2,1H3,(H,20,22)/b10-9+. The second-order valence-corrected chi connectivity index (χ2v) is 5.35. The Labute approximate surface area is 129 Å². The van der Waals surface area contributed by atoms with E-state index in [1.807, 2.05) is 61.7 Å². The summed E-state index contributed by atoms with van der Waals surface area (Å²) in [5.74, 6) is -0.0198. The van der Waals surface area contributed by atoms with Gasteiger partial charge in [-0.3, -0.25) is 4.79 Å². The second kappa shape index (κ2) is 6.31. The third-order valence-electron chi connectivity index (χ3n) is 3.59. The molecule has 0 aliphatic carbocycles. The van der Waals surface area contributed by atoms with Crippen molar-refractivity contribution in [2.75, 3.05) is 0 Å². The third-order valence-corrected chi connectivity index (χ3v) is 3.59. The number of benzene rings is 2. The largest absolute Gasteiger partial charge is 0.361 e. The van der Waals surface area contributed by atoms with E-state index in [0.717, 1.165) is 22.0 Å². The number of para-hydroxylation sites is 1. The molecule has 3 aromatic rings. The SMILES string of the molecule is Cc1cccc(/C=C/NC(=O)Cc2c[nH]c3ccccc23)c1. The van der Waals surface area contributed by atoms with Gasteiger partial charge in [-0.05, 0) is 30.2 Å². The zero-order chi connectivity index (χ0) is 15.4. The van der Waals surface area contributed by atoms with Gasteiger partial charge in [-0.15, -0.1) is 0 Å². The van der Waals surface area contributed by atoms with E-state index in [4.69, 9.17) is 0 Å². The van der Waals surface area contributed by atoms with Crippen molar-refractivity contribution in [3.63, 3.8) is 0 Å². The van der Waals surface area contributed by atoms with Crippen molar-refractivity contribution in [1.82, 2.24) is 10.3 Å². The van der Waals surface area contributed by atoms with Gasteiger partial charge in [0.2, 0.25) is 5.91 Å². The number of hydrogen-bond donors (Lipinski definition) is 2. The molecule has 2 N–H and O–H groups in total. The lowest BCUT2D eigenvalue weighted by molar-refractivity contribution is -0.119. The molecule has 3 nitrogen and oxygen atoms in total. The molecule has 1 heterocycles. The number of H-pyrrole nitrogens is 1. The molecule has 3 rings (SSSR count). The van der Waals surface area contributed by atoms with Gasteiger partial charge in [0.25, 0.3) is 0 Å². The molecule has 0 spiro atoms. The summed E-state index contributed by atoms with van der Waals surface area (Å²) in [6, 6.07) is 16.1. The van der Waals surface area contributed by atoms with Crippen LogP contribution in [-0.2, 0) is 11.2 Å². The number of aromatic nitrogens is 1. The summed E-state index contributed by atoms with van der Waals surface area (Å²) < 4.78 is 0. The minimum Gasteiger partial charge on any atom is -0.361 e. The van der Waals surface area contributed by atoms with Crippen molar-refractivity contribution in [3.8, 4) is 0 Å². The highest BCUT2D eigenvalue weighted by molar-refractivity contribution is 5.89. The van der Waals surface area contributed by atoms with E-state index in [0.29, 0.717) is 6.42 Å². The lowest BCUT2D eigenvalue weighted by Gasteiger charge is -2.00. The first-order chi connectivity index (χ1) is 10.7. The van der Waals surface area contributed by atoms with Crippen molar-refractivity contribution in [2.24, 2.45) is 0 Å². The molecular formula is C19H18N2O. The third kappa shape index (κ3) is 3.26. The molecule has 0 fully saturated rings. The molecule has 2 aromatic carbocycles. The Balaban J connectivity index is 1.63. The van der Waals surface area contributed by atoms with Gasteiger partial charge in [-0.2, -0.15) is 0 Å². The van der Waals surface area contributed by atoms with Crippen LogP contribution in [0.4, 0.5) is 0 Å². The van der Waals surface area contributed by atoms with Crippen molar-refractivity contribution in [3.05, 3.63) is 77.6 Å². The summed E-state index contributed by atoms with van der Waals surface area (Å²) in [6.07, 6.45) is 5.86. The van der Waals surface area contributed by atoms with Crippen LogP contribution in [0.15, 0.2) is 60.9 Å². The van der Waals surface area contributed by atoms with Gasteiger partial charge in [-0.25, -0.2) is 0 Å². The molecule has 22 heavy (non-hydrogen) atoms. The first-order valence-corrected chi connectivity index (χ1v) is 7.30. The molecule has 0 atom stereocenters. The van der Waals surface area contributed by atoms with Crippen molar-refractivity contribution < 1.29 is 4.79 Å². The van der Waals surface area contributed by atoms with E-state index in [-0.39, 0.29) is 5.91 Å². The summed E-state index contributed by atoms with van der Waals surface area (Å²) in [5.41, 5.74) is 4.34. The van der Waals surface area contributed by atoms with E-state index in [1.54, 1.807) is 6.20 Å². The first-order valence-electron chi connectivity index (χ1n) is 7.30. The van der Waals surface area contributed by atoms with Gasteiger partial charge >= 0.3 is 0 Å². The lowest BCUT2D eigenvalue weighted by atomic mass is 10.1. The molecule has 1 amide bonds. The zero-order valence-corrected chi connectivity index (χ0v) is 12.5. The van der Waals surface area contributed by atoms with Gasteiger partial charge in [0, 0.05) is 23.3 Å². The van der Waals surface area contributed by atoms with Crippen LogP contribution < -0.4 is 5.32 Å². The fraction of sp³-hybridized carbons (Fsp3) is 0.105. The molecule has 0 saturated carbocycles. The number of aryl methyl sites for hydroxylation is 1. The second-order valence-electron chi connectivity index (χ2n) is 5.35. The van der Waals surface area contributed by atoms with Crippen LogP contribution >= 0.6 is 0 Å². The van der Waals surface area contributed by atoms with Crippen LogP contribution in [0.1, 0.15) is 16.7 Å². The maximum atomic E-state index is 12.0. The summed E-state index contributed by atoms with van der Waals surface area (Å²) in [7, 11) is 0. The zero-order valence-electron chi connectivity index (χ0n) is 12.5. The number of carbonyl (C=O) groups excluding carboxylic acids is 1. The van der Waals surface area contributed by atoms with Gasteiger partial charge in [0.15, 0.2) is 0 Å². The van der Waals surface area contributed by atoms with Crippen LogP contribution in [0.25, 0.3) is 17.0 Å². The van der Waals surface area contributed by atoms with Gasteiger partial charge in [0.05, 0.1) is 6.42 Å². The highest BCUT2D eigenvalue weighted by Gasteiger charge is 2.06. The molecule has 1 aromatic heterocycles. The molecule has 0 radical (unpaired) electrons. The predicted molar refractivity (Wildman–Crippen MR) is 90.4 cm³/mol. The Kier molecular flexibility index (Phi) is 4.05. The van der Waals surface area contributed by atoms with Crippen LogP contribution in [-0.4, -0.2) is 10.9 Å². The highest BCUT2D eigenvalue weighted by atomic mass is 16.1. The fourth-order valence-corrected chi connectivity index (χ4v) is 2.51. The van der Waals surface area contributed by atoms with Gasteiger partial charge < -0.3 is 10.3 Å². The monoisotopic (exact) mass is 290 g/mol. The quantitative estimate of drug-likeness (QED) is 0.754. The molecule has 0 aliphatic heterocycles. The summed E-state index contributed by atoms with van der Waals surface area (Å²) in [5, 5.41) is 3.92. The van der Waals surface area contributed by atoms with Gasteiger partial charge in [0.1, 0.15) is 0 Å². The molecule has 0 bridgehead atoms. The van der Waals surface area contributed by atoms with Crippen LogP contribution in [0.3, 0.4) is 0 Å². The maximum absolute atomic E-state index is 12.0. The van der Waals surface area contributed by atoms with Crippen molar-refractivity contribution >= 4 is 22.9 Å². The van der Waals surface area contributed by atoms with Crippen LogP contribution in [0.2, 0.25) is 0 Å². The molecule has 0 saturated heterocycles. The van der Waals surface area contributed by atoms with E-state index >= 15 is 0 Å². The highest BCUT2D eigenvalue weighted by Crippen LogP contribution is 2.17. The van der Waals surface area contributed by atoms with Crippen LogP contribution in [0, 0.1) is 6.92 Å². The molecule has 3 heteroatoms. The Bertz CT molecular complexity index is 830. The first kappa shape index (κ1) is 14.1.